The van der Waals surface area contributed by atoms with Crippen molar-refractivity contribution in [2.24, 2.45) is 4.99 Å². The van der Waals surface area contributed by atoms with Crippen molar-refractivity contribution in [3.63, 3.8) is 0 Å². The van der Waals surface area contributed by atoms with Crippen LogP contribution in [0.5, 0.6) is 0 Å². The van der Waals surface area contributed by atoms with Crippen LogP contribution < -0.4 is 0 Å². The number of hydrogen-bond donors (Lipinski definition) is 0. The van der Waals surface area contributed by atoms with Gasteiger partial charge in [-0.3, -0.25) is 9.69 Å². The highest BCUT2D eigenvalue weighted by atomic mass is 16.5. The first-order valence-electron chi connectivity index (χ1n) is 5.87. The maximum absolute atomic E-state index is 12.0. The molecule has 2 aliphatic rings. The van der Waals surface area contributed by atoms with Crippen molar-refractivity contribution in [3.8, 4) is 0 Å². The Morgan fingerprint density at radius 1 is 1.39 bits per heavy atom. The van der Waals surface area contributed by atoms with Crippen LogP contribution in [0, 0.1) is 0 Å². The molecule has 5 nitrogen and oxygen atoms in total. The number of carbonyl (C=O) groups is 1. The minimum Gasteiger partial charge on any atom is -0.483 e. The van der Waals surface area contributed by atoms with Gasteiger partial charge in [-0.15, -0.1) is 0 Å². The van der Waals surface area contributed by atoms with Gasteiger partial charge in [0.05, 0.1) is 13.7 Å². The Labute approximate surface area is 105 Å². The molecule has 3 rings (SSSR count). The van der Waals surface area contributed by atoms with Gasteiger partial charge in [0.1, 0.15) is 12.6 Å². The fraction of sp³-hybridized carbons (Fsp3) is 0.385. The topological polar surface area (TPSA) is 51.1 Å². The van der Waals surface area contributed by atoms with E-state index in [1.54, 1.807) is 12.0 Å². The molecule has 1 fully saturated rings. The van der Waals surface area contributed by atoms with E-state index < -0.39 is 0 Å². The summed E-state index contributed by atoms with van der Waals surface area (Å²) in [5.41, 5.74) is 0.978. The van der Waals surface area contributed by atoms with Gasteiger partial charge < -0.3 is 9.47 Å². The standard InChI is InChI=1S/C13H14N2O3/c1-17-12-10-8-18-13(9-5-3-2-4-6-9)15(10)11(16)7-14-12/h2-6,10,13H,7-8H2,1H3/t10-,13+/m0/s1. The van der Waals surface area contributed by atoms with E-state index in [4.69, 9.17) is 9.47 Å². The van der Waals surface area contributed by atoms with Crippen LogP contribution in [-0.2, 0) is 14.3 Å². The molecule has 1 aromatic rings. The van der Waals surface area contributed by atoms with Gasteiger partial charge in [-0.2, -0.15) is 0 Å². The molecule has 1 aromatic carbocycles. The normalized spacial score (nSPS) is 26.8. The quantitative estimate of drug-likeness (QED) is 0.742. The summed E-state index contributed by atoms with van der Waals surface area (Å²) in [6, 6.07) is 9.53. The largest absolute Gasteiger partial charge is 0.483 e. The summed E-state index contributed by atoms with van der Waals surface area (Å²) in [4.78, 5) is 17.9. The van der Waals surface area contributed by atoms with Crippen molar-refractivity contribution in [2.45, 2.75) is 12.3 Å². The summed E-state index contributed by atoms with van der Waals surface area (Å²) >= 11 is 0. The monoisotopic (exact) mass is 246 g/mol. The number of hydrogen-bond acceptors (Lipinski definition) is 4. The molecule has 0 aromatic heterocycles. The molecule has 1 saturated heterocycles. The van der Waals surface area contributed by atoms with Crippen LogP contribution in [0.25, 0.3) is 0 Å². The van der Waals surface area contributed by atoms with Gasteiger partial charge in [-0.1, -0.05) is 30.3 Å². The van der Waals surface area contributed by atoms with Crippen molar-refractivity contribution in [1.82, 2.24) is 4.90 Å². The van der Waals surface area contributed by atoms with Crippen molar-refractivity contribution in [2.75, 3.05) is 20.3 Å². The van der Waals surface area contributed by atoms with Gasteiger partial charge in [-0.05, 0) is 0 Å². The first-order valence-corrected chi connectivity index (χ1v) is 5.87. The third-order valence-corrected chi connectivity index (χ3v) is 3.24. The van der Waals surface area contributed by atoms with E-state index in [1.807, 2.05) is 30.3 Å². The third-order valence-electron chi connectivity index (χ3n) is 3.24. The van der Waals surface area contributed by atoms with E-state index in [9.17, 15) is 4.79 Å². The smallest absolute Gasteiger partial charge is 0.247 e. The fourth-order valence-electron chi connectivity index (χ4n) is 2.41. The SMILES string of the molecule is COC1=NCC(=O)N2[C@@H](c3ccccc3)OC[C@@H]12. The number of methoxy groups -OCH3 is 1. The second-order valence-corrected chi connectivity index (χ2v) is 4.27. The van der Waals surface area contributed by atoms with Crippen LogP contribution in [0.15, 0.2) is 35.3 Å². The minimum absolute atomic E-state index is 0.0212. The second-order valence-electron chi connectivity index (χ2n) is 4.27. The molecule has 0 saturated carbocycles. The molecule has 1 amide bonds. The van der Waals surface area contributed by atoms with E-state index in [0.29, 0.717) is 12.5 Å². The van der Waals surface area contributed by atoms with Crippen molar-refractivity contribution in [1.29, 1.82) is 0 Å². The van der Waals surface area contributed by atoms with Crippen LogP contribution in [0.4, 0.5) is 0 Å². The molecule has 2 heterocycles. The van der Waals surface area contributed by atoms with Crippen LogP contribution in [0.1, 0.15) is 11.8 Å². The number of amides is 1. The molecule has 5 heteroatoms. The third kappa shape index (κ3) is 1.67. The zero-order valence-corrected chi connectivity index (χ0v) is 10.1. The Morgan fingerprint density at radius 3 is 2.89 bits per heavy atom. The maximum Gasteiger partial charge on any atom is 0.247 e. The Balaban J connectivity index is 1.93. The predicted octanol–water partition coefficient (Wildman–Crippen LogP) is 0.971. The lowest BCUT2D eigenvalue weighted by atomic mass is 10.1. The Morgan fingerprint density at radius 2 is 2.17 bits per heavy atom. The zero-order chi connectivity index (χ0) is 12.5. The molecule has 0 N–H and O–H groups in total. The summed E-state index contributed by atoms with van der Waals surface area (Å²) < 4.78 is 10.9. The average molecular weight is 246 g/mol. The first-order chi connectivity index (χ1) is 8.81. The van der Waals surface area contributed by atoms with E-state index in [0.717, 1.165) is 5.56 Å². The molecule has 0 spiro atoms. The number of carbonyl (C=O) groups excluding carboxylic acids is 1. The molecule has 0 aliphatic carbocycles. The molecule has 2 atom stereocenters. The Bertz CT molecular complexity index is 486. The number of aliphatic imine (C=N–C) groups is 1. The summed E-state index contributed by atoms with van der Waals surface area (Å²) in [5, 5.41) is 0. The number of benzene rings is 1. The van der Waals surface area contributed by atoms with Gasteiger partial charge in [0.25, 0.3) is 0 Å². The number of ether oxygens (including phenoxy) is 2. The average Bonchev–Trinajstić information content (AvgIpc) is 2.86. The van der Waals surface area contributed by atoms with Gasteiger partial charge in [0.2, 0.25) is 11.8 Å². The van der Waals surface area contributed by atoms with Crippen LogP contribution >= 0.6 is 0 Å². The Kier molecular flexibility index (Phi) is 2.76. The zero-order valence-electron chi connectivity index (χ0n) is 10.1. The first kappa shape index (κ1) is 11.2. The van der Waals surface area contributed by atoms with Crippen LogP contribution in [0.3, 0.4) is 0 Å². The fourth-order valence-corrected chi connectivity index (χ4v) is 2.41. The maximum atomic E-state index is 12.0. The van der Waals surface area contributed by atoms with E-state index >= 15 is 0 Å². The molecule has 0 radical (unpaired) electrons. The summed E-state index contributed by atoms with van der Waals surface area (Å²) in [5.74, 6) is 0.556. The number of fused-ring (bicyclic) bond motifs is 1. The Hall–Kier alpha value is -1.88. The van der Waals surface area contributed by atoms with Gasteiger partial charge >= 0.3 is 0 Å². The molecule has 94 valence electrons. The highest BCUT2D eigenvalue weighted by Crippen LogP contribution is 2.32. The number of nitrogens with zero attached hydrogens (tertiary/aromatic N) is 2. The van der Waals surface area contributed by atoms with Gasteiger partial charge in [-0.25, -0.2) is 4.99 Å². The van der Waals surface area contributed by atoms with E-state index in [-0.39, 0.29) is 24.7 Å². The van der Waals surface area contributed by atoms with E-state index in [2.05, 4.69) is 4.99 Å². The van der Waals surface area contributed by atoms with Crippen molar-refractivity contribution < 1.29 is 14.3 Å². The van der Waals surface area contributed by atoms with E-state index in [1.165, 1.54) is 0 Å². The molecular weight excluding hydrogens is 232 g/mol. The lowest BCUT2D eigenvalue weighted by Crippen LogP contribution is -2.48. The summed E-state index contributed by atoms with van der Waals surface area (Å²) in [6.07, 6.45) is -0.329. The molecular formula is C13H14N2O3. The van der Waals surface area contributed by atoms with Crippen molar-refractivity contribution >= 4 is 11.8 Å². The van der Waals surface area contributed by atoms with Crippen molar-refractivity contribution in [3.05, 3.63) is 35.9 Å². The second kappa shape index (κ2) is 4.42. The highest BCUT2D eigenvalue weighted by molar-refractivity contribution is 5.94. The molecule has 0 unspecified atom stereocenters. The van der Waals surface area contributed by atoms with Gasteiger partial charge in [0, 0.05) is 5.56 Å². The summed E-state index contributed by atoms with van der Waals surface area (Å²) in [6.45, 7) is 0.560. The predicted molar refractivity (Wildman–Crippen MR) is 65.1 cm³/mol. The van der Waals surface area contributed by atoms with Crippen LogP contribution in [-0.4, -0.2) is 43.0 Å². The molecule has 2 aliphatic heterocycles. The van der Waals surface area contributed by atoms with Gasteiger partial charge in [0.15, 0.2) is 6.23 Å². The molecule has 18 heavy (non-hydrogen) atoms. The highest BCUT2D eigenvalue weighted by Gasteiger charge is 2.44. The summed E-state index contributed by atoms with van der Waals surface area (Å²) in [7, 11) is 1.57. The molecule has 0 bridgehead atoms. The lowest BCUT2D eigenvalue weighted by molar-refractivity contribution is -0.136. The lowest BCUT2D eigenvalue weighted by Gasteiger charge is -2.30. The number of rotatable bonds is 1. The van der Waals surface area contributed by atoms with Crippen LogP contribution in [0.2, 0.25) is 0 Å². The minimum atomic E-state index is -0.329.